The normalized spacial score (nSPS) is 18.3. The van der Waals surface area contributed by atoms with E-state index in [1.54, 1.807) is 11.9 Å². The molecule has 1 atom stereocenters. The summed E-state index contributed by atoms with van der Waals surface area (Å²) < 4.78 is 40.3. The molecule has 1 unspecified atom stereocenters. The van der Waals surface area contributed by atoms with Crippen LogP contribution in [0.1, 0.15) is 30.9 Å². The van der Waals surface area contributed by atoms with Crippen LogP contribution in [-0.4, -0.2) is 40.9 Å². The van der Waals surface area contributed by atoms with Gasteiger partial charge in [-0.2, -0.15) is 13.2 Å². The van der Waals surface area contributed by atoms with E-state index in [9.17, 15) is 18.0 Å². The Morgan fingerprint density at radius 1 is 1.26 bits per heavy atom. The van der Waals surface area contributed by atoms with Gasteiger partial charge in [-0.15, -0.1) is 0 Å². The largest absolute Gasteiger partial charge is 0.471 e. The predicted octanol–water partition coefficient (Wildman–Crippen LogP) is 4.74. The second-order valence-electron chi connectivity index (χ2n) is 6.90. The van der Waals surface area contributed by atoms with Crippen molar-refractivity contribution in [1.82, 2.24) is 9.21 Å². The zero-order valence-corrected chi connectivity index (χ0v) is 16.2. The van der Waals surface area contributed by atoms with Crippen LogP contribution in [0.5, 0.6) is 0 Å². The lowest BCUT2D eigenvalue weighted by molar-refractivity contribution is -0.186. The fraction of sp³-hybridized carbons (Fsp3) is 0.450. The van der Waals surface area contributed by atoms with Gasteiger partial charge in [-0.25, -0.2) is 4.31 Å². The molecule has 0 fully saturated rings. The number of likely N-dealkylation sites (N-methyl/N-ethyl adjacent to an activating group) is 1. The fourth-order valence-corrected chi connectivity index (χ4v) is 4.28. The van der Waals surface area contributed by atoms with E-state index < -0.39 is 12.1 Å². The summed E-state index contributed by atoms with van der Waals surface area (Å²) in [5.74, 6) is -1.76. The molecular weight excluding hydrogens is 373 g/mol. The molecule has 1 heterocycles. The van der Waals surface area contributed by atoms with Gasteiger partial charge in [0.15, 0.2) is 0 Å². The first-order chi connectivity index (χ1) is 12.8. The lowest BCUT2D eigenvalue weighted by Crippen LogP contribution is -2.43. The molecule has 1 aromatic rings. The highest BCUT2D eigenvalue weighted by Crippen LogP contribution is 2.31. The van der Waals surface area contributed by atoms with Crippen LogP contribution < -0.4 is 0 Å². The van der Waals surface area contributed by atoms with Crippen LogP contribution in [-0.2, 0) is 17.8 Å². The number of hydrogen-bond acceptors (Lipinski definition) is 3. The second-order valence-corrected chi connectivity index (χ2v) is 8.13. The summed E-state index contributed by atoms with van der Waals surface area (Å²) in [6, 6.07) is 6.10. The van der Waals surface area contributed by atoms with Gasteiger partial charge < -0.3 is 4.90 Å². The lowest BCUT2D eigenvalue weighted by atomic mass is 10.00. The first kappa shape index (κ1) is 20.0. The van der Waals surface area contributed by atoms with Gasteiger partial charge in [0.25, 0.3) is 0 Å². The quantitative estimate of drug-likeness (QED) is 0.687. The van der Waals surface area contributed by atoms with Crippen LogP contribution in [0, 0.1) is 0 Å². The van der Waals surface area contributed by atoms with Crippen molar-refractivity contribution in [2.45, 2.75) is 49.8 Å². The van der Waals surface area contributed by atoms with Gasteiger partial charge in [0.1, 0.15) is 0 Å². The van der Waals surface area contributed by atoms with Crippen molar-refractivity contribution < 1.29 is 18.0 Å². The van der Waals surface area contributed by atoms with Gasteiger partial charge in [0.2, 0.25) is 0 Å². The van der Waals surface area contributed by atoms with Gasteiger partial charge in [0, 0.05) is 24.0 Å². The number of rotatable bonds is 4. The first-order valence-corrected chi connectivity index (χ1v) is 9.78. The molecule has 0 N–H and O–H groups in total. The third-order valence-electron chi connectivity index (χ3n) is 5.02. The van der Waals surface area contributed by atoms with Crippen molar-refractivity contribution in [1.29, 1.82) is 0 Å². The summed E-state index contributed by atoms with van der Waals surface area (Å²) in [7, 11) is 2.01. The predicted molar refractivity (Wildman–Crippen MR) is 101 cm³/mol. The summed E-state index contributed by atoms with van der Waals surface area (Å²) in [4.78, 5) is 13.4. The Labute approximate surface area is 162 Å². The molecule has 3 rings (SSSR count). The van der Waals surface area contributed by atoms with Gasteiger partial charge in [-0.1, -0.05) is 24.3 Å². The maximum Gasteiger partial charge on any atom is 0.471 e. The molecule has 3 nitrogen and oxygen atoms in total. The number of benzene rings is 1. The Bertz CT molecular complexity index is 773. The molecule has 146 valence electrons. The summed E-state index contributed by atoms with van der Waals surface area (Å²) in [5, 5.41) is 0. The van der Waals surface area contributed by atoms with E-state index in [1.807, 2.05) is 25.2 Å². The van der Waals surface area contributed by atoms with Gasteiger partial charge in [-0.3, -0.25) is 4.79 Å². The van der Waals surface area contributed by atoms with Crippen LogP contribution in [0.25, 0.3) is 0 Å². The highest BCUT2D eigenvalue weighted by Gasteiger charge is 2.43. The second kappa shape index (κ2) is 8.10. The molecule has 1 aromatic carbocycles. The SMILES string of the molecule is CC(C1=CCCC=C1)N(C)Sc1ccc2c(c1)CN(C(=O)C(F)(F)F)CC2. The molecule has 0 aromatic heterocycles. The molecule has 1 aliphatic carbocycles. The van der Waals surface area contributed by atoms with Gasteiger partial charge in [-0.05, 0) is 74.0 Å². The average molecular weight is 396 g/mol. The number of nitrogens with zero attached hydrogens (tertiary/aromatic N) is 2. The highest BCUT2D eigenvalue weighted by atomic mass is 32.2. The summed E-state index contributed by atoms with van der Waals surface area (Å²) in [6.45, 7) is 2.25. The maximum atomic E-state index is 12.7. The standard InChI is InChI=1S/C20H23F3N2OS/c1-14(15-6-4-3-5-7-15)24(2)27-18-9-8-16-10-11-25(13-17(16)12-18)19(26)20(21,22)23/h4,6-9,12,14H,3,5,10-11,13H2,1-2H3. The van der Waals surface area contributed by atoms with Crippen molar-refractivity contribution in [2.75, 3.05) is 13.6 Å². The molecule has 0 radical (unpaired) electrons. The van der Waals surface area contributed by atoms with Crippen LogP contribution in [0.2, 0.25) is 0 Å². The Balaban J connectivity index is 1.70. The summed E-state index contributed by atoms with van der Waals surface area (Å²) >= 11 is 1.57. The highest BCUT2D eigenvalue weighted by molar-refractivity contribution is 7.97. The molecule has 0 bridgehead atoms. The van der Waals surface area contributed by atoms with Gasteiger partial charge in [0.05, 0.1) is 0 Å². The number of carbonyl (C=O) groups excluding carboxylic acids is 1. The van der Waals surface area contributed by atoms with Crippen molar-refractivity contribution in [3.63, 3.8) is 0 Å². The molecule has 0 saturated heterocycles. The van der Waals surface area contributed by atoms with E-state index in [-0.39, 0.29) is 19.1 Å². The summed E-state index contributed by atoms with van der Waals surface area (Å²) in [6.07, 6.45) is 4.33. The minimum absolute atomic E-state index is 0.00916. The zero-order valence-electron chi connectivity index (χ0n) is 15.4. The number of amides is 1. The molecule has 0 spiro atoms. The van der Waals surface area contributed by atoms with Crippen LogP contribution in [0.3, 0.4) is 0 Å². The van der Waals surface area contributed by atoms with E-state index in [4.69, 9.17) is 0 Å². The van der Waals surface area contributed by atoms with Crippen LogP contribution in [0.15, 0.2) is 46.9 Å². The Kier molecular flexibility index (Phi) is 6.01. The molecule has 1 amide bonds. The van der Waals surface area contributed by atoms with E-state index in [1.165, 1.54) is 5.57 Å². The van der Waals surface area contributed by atoms with Crippen LogP contribution >= 0.6 is 11.9 Å². The molecule has 0 saturated carbocycles. The molecule has 7 heteroatoms. The molecular formula is C20H23F3N2OS. The smallest absolute Gasteiger partial charge is 0.330 e. The Morgan fingerprint density at radius 2 is 2.04 bits per heavy atom. The van der Waals surface area contributed by atoms with E-state index in [2.05, 4.69) is 29.5 Å². The topological polar surface area (TPSA) is 23.6 Å². The van der Waals surface area contributed by atoms with Crippen LogP contribution in [0.4, 0.5) is 13.2 Å². The summed E-state index contributed by atoms with van der Waals surface area (Å²) in [5.41, 5.74) is 3.08. The number of hydrogen-bond donors (Lipinski definition) is 0. The third kappa shape index (κ3) is 4.76. The van der Waals surface area contributed by atoms with Gasteiger partial charge >= 0.3 is 12.1 Å². The Morgan fingerprint density at radius 3 is 2.70 bits per heavy atom. The number of halogens is 3. The lowest BCUT2D eigenvalue weighted by Gasteiger charge is -2.30. The molecule has 27 heavy (non-hydrogen) atoms. The van der Waals surface area contributed by atoms with Crippen molar-refractivity contribution in [3.05, 3.63) is 53.1 Å². The monoisotopic (exact) mass is 396 g/mol. The first-order valence-electron chi connectivity index (χ1n) is 9.01. The molecule has 1 aliphatic heterocycles. The number of carbonyl (C=O) groups is 1. The van der Waals surface area contributed by atoms with Crippen molar-refractivity contribution in [3.8, 4) is 0 Å². The Hall–Kier alpha value is -1.73. The molecule has 2 aliphatic rings. The zero-order chi connectivity index (χ0) is 19.6. The number of fused-ring (bicyclic) bond motifs is 1. The maximum absolute atomic E-state index is 12.7. The minimum Gasteiger partial charge on any atom is -0.330 e. The van der Waals surface area contributed by atoms with E-state index in [0.717, 1.165) is 33.8 Å². The fourth-order valence-electron chi connectivity index (χ4n) is 3.34. The average Bonchev–Trinajstić information content (AvgIpc) is 2.66. The minimum atomic E-state index is -4.82. The number of allylic oxidation sites excluding steroid dienone is 2. The number of alkyl halides is 3. The third-order valence-corrected chi connectivity index (χ3v) is 6.09. The van der Waals surface area contributed by atoms with Crippen molar-refractivity contribution in [2.24, 2.45) is 0 Å². The van der Waals surface area contributed by atoms with E-state index >= 15 is 0 Å². The van der Waals surface area contributed by atoms with Crippen molar-refractivity contribution >= 4 is 17.9 Å². The van der Waals surface area contributed by atoms with E-state index in [0.29, 0.717) is 6.42 Å².